The molecule has 0 spiro atoms. The fraction of sp³-hybridized carbons (Fsp3) is 0.286. The molecule has 0 bridgehead atoms. The normalized spacial score (nSPS) is 16.3. The van der Waals surface area contributed by atoms with Crippen LogP contribution < -0.4 is 10.1 Å². The number of piperidine rings is 1. The number of carbonyl (C=O) groups is 1. The van der Waals surface area contributed by atoms with Gasteiger partial charge in [-0.1, -0.05) is 36.4 Å². The van der Waals surface area contributed by atoms with Gasteiger partial charge in [0, 0.05) is 18.9 Å². The molecule has 0 unspecified atom stereocenters. The third-order valence-electron chi connectivity index (χ3n) is 4.62. The Morgan fingerprint density at radius 3 is 2.54 bits per heavy atom. The molecule has 136 valence electrons. The highest BCUT2D eigenvalue weighted by Crippen LogP contribution is 2.35. The molecule has 2 N–H and O–H groups in total. The van der Waals surface area contributed by atoms with E-state index in [1.807, 2.05) is 30.3 Å². The summed E-state index contributed by atoms with van der Waals surface area (Å²) in [7, 11) is 1.49. The summed E-state index contributed by atoms with van der Waals surface area (Å²) in [6, 6.07) is 14.8. The number of methoxy groups -OCH3 is 1. The number of carbonyl (C=O) groups excluding carboxylic acids is 1. The monoisotopic (exact) mass is 353 g/mol. The average Bonchev–Trinajstić information content (AvgIpc) is 2.68. The Kier molecular flexibility index (Phi) is 5.58. The van der Waals surface area contributed by atoms with Crippen molar-refractivity contribution in [3.63, 3.8) is 0 Å². The first-order chi connectivity index (χ1) is 12.6. The molecule has 26 heavy (non-hydrogen) atoms. The topological polar surface area (TPSA) is 67.8 Å². The van der Waals surface area contributed by atoms with E-state index in [2.05, 4.69) is 5.32 Å². The third kappa shape index (κ3) is 4.06. The summed E-state index contributed by atoms with van der Waals surface area (Å²) in [4.78, 5) is 12.5. The highest BCUT2D eigenvalue weighted by molar-refractivity contribution is 5.87. The first-order valence-corrected chi connectivity index (χ1v) is 8.67. The number of benzene rings is 2. The van der Waals surface area contributed by atoms with Crippen LogP contribution in [-0.4, -0.2) is 31.3 Å². The summed E-state index contributed by atoms with van der Waals surface area (Å²) in [6.07, 6.45) is 4.50. The molecular formula is C21H23NO4. The Hall–Kier alpha value is -2.79. The number of rotatable bonds is 5. The SMILES string of the molecule is COc1ccc(/C=C/C(=O)OC2(c3ccccc3)CCNCC2)cc1O. The maximum absolute atomic E-state index is 12.5. The first-order valence-electron chi connectivity index (χ1n) is 8.67. The predicted molar refractivity (Wildman–Crippen MR) is 100 cm³/mol. The minimum atomic E-state index is -0.601. The van der Waals surface area contributed by atoms with Crippen molar-refractivity contribution in [2.24, 2.45) is 0 Å². The molecule has 2 aromatic carbocycles. The summed E-state index contributed by atoms with van der Waals surface area (Å²) >= 11 is 0. The van der Waals surface area contributed by atoms with Crippen molar-refractivity contribution in [3.8, 4) is 11.5 Å². The smallest absolute Gasteiger partial charge is 0.331 e. The molecule has 3 rings (SSSR count). The molecule has 0 amide bonds. The molecule has 0 saturated carbocycles. The second-order valence-electron chi connectivity index (χ2n) is 6.30. The first kappa shape index (κ1) is 18.0. The van der Waals surface area contributed by atoms with Gasteiger partial charge in [-0.3, -0.25) is 0 Å². The van der Waals surface area contributed by atoms with Crippen molar-refractivity contribution in [3.05, 3.63) is 65.7 Å². The lowest BCUT2D eigenvalue weighted by molar-refractivity contribution is -0.157. The van der Waals surface area contributed by atoms with Crippen molar-refractivity contribution in [2.75, 3.05) is 20.2 Å². The van der Waals surface area contributed by atoms with Crippen LogP contribution in [0, 0.1) is 0 Å². The van der Waals surface area contributed by atoms with Gasteiger partial charge in [-0.05, 0) is 42.4 Å². The summed E-state index contributed by atoms with van der Waals surface area (Å²) in [5.41, 5.74) is 1.11. The van der Waals surface area contributed by atoms with Gasteiger partial charge in [0.2, 0.25) is 0 Å². The van der Waals surface area contributed by atoms with E-state index in [9.17, 15) is 9.90 Å². The van der Waals surface area contributed by atoms with E-state index in [1.165, 1.54) is 13.2 Å². The maximum atomic E-state index is 12.5. The van der Waals surface area contributed by atoms with Gasteiger partial charge in [0.25, 0.3) is 0 Å². The molecule has 2 aromatic rings. The standard InChI is InChI=1S/C21H23NO4/c1-25-19-9-7-16(15-18(19)23)8-10-20(24)26-21(11-13-22-14-12-21)17-5-3-2-4-6-17/h2-10,15,22-23H,11-14H2,1H3/b10-8+. The second-order valence-corrected chi connectivity index (χ2v) is 6.30. The molecule has 0 atom stereocenters. The molecular weight excluding hydrogens is 330 g/mol. The fourth-order valence-corrected chi connectivity index (χ4v) is 3.22. The van der Waals surface area contributed by atoms with E-state index in [1.54, 1.807) is 24.3 Å². The number of hydrogen-bond donors (Lipinski definition) is 2. The van der Waals surface area contributed by atoms with E-state index in [0.29, 0.717) is 11.3 Å². The van der Waals surface area contributed by atoms with Crippen molar-refractivity contribution in [1.29, 1.82) is 0 Å². The largest absolute Gasteiger partial charge is 0.504 e. The van der Waals surface area contributed by atoms with Gasteiger partial charge in [-0.2, -0.15) is 0 Å². The molecule has 1 heterocycles. The summed E-state index contributed by atoms with van der Waals surface area (Å²) < 4.78 is 10.9. The van der Waals surface area contributed by atoms with Gasteiger partial charge >= 0.3 is 5.97 Å². The zero-order valence-electron chi connectivity index (χ0n) is 14.8. The highest BCUT2D eigenvalue weighted by Gasteiger charge is 2.37. The number of esters is 1. The second kappa shape index (κ2) is 8.06. The van der Waals surface area contributed by atoms with Crippen LogP contribution in [0.4, 0.5) is 0 Å². The molecule has 5 nitrogen and oxygen atoms in total. The molecule has 1 aliphatic rings. The lowest BCUT2D eigenvalue weighted by Crippen LogP contribution is -2.42. The van der Waals surface area contributed by atoms with E-state index in [0.717, 1.165) is 31.5 Å². The average molecular weight is 353 g/mol. The van der Waals surface area contributed by atoms with E-state index in [4.69, 9.17) is 9.47 Å². The Morgan fingerprint density at radius 2 is 1.88 bits per heavy atom. The van der Waals surface area contributed by atoms with Crippen LogP contribution in [0.3, 0.4) is 0 Å². The minimum absolute atomic E-state index is 0.0297. The van der Waals surface area contributed by atoms with Gasteiger partial charge in [0.05, 0.1) is 7.11 Å². The maximum Gasteiger partial charge on any atom is 0.331 e. The van der Waals surface area contributed by atoms with Crippen molar-refractivity contribution < 1.29 is 19.4 Å². The van der Waals surface area contributed by atoms with E-state index in [-0.39, 0.29) is 5.75 Å². The minimum Gasteiger partial charge on any atom is -0.504 e. The molecule has 1 saturated heterocycles. The molecule has 0 aliphatic carbocycles. The number of aromatic hydroxyl groups is 1. The van der Waals surface area contributed by atoms with Crippen molar-refractivity contribution in [1.82, 2.24) is 5.32 Å². The van der Waals surface area contributed by atoms with Gasteiger partial charge < -0.3 is 19.9 Å². The van der Waals surface area contributed by atoms with Crippen LogP contribution in [0.15, 0.2) is 54.6 Å². The Bertz CT molecular complexity index is 780. The number of nitrogens with one attached hydrogen (secondary N) is 1. The van der Waals surface area contributed by atoms with Gasteiger partial charge in [0.15, 0.2) is 11.5 Å². The van der Waals surface area contributed by atoms with Crippen molar-refractivity contribution >= 4 is 12.0 Å². The summed E-state index contributed by atoms with van der Waals surface area (Å²) in [6.45, 7) is 1.61. The van der Waals surface area contributed by atoms with Crippen LogP contribution >= 0.6 is 0 Å². The Labute approximate surface area is 153 Å². The summed E-state index contributed by atoms with van der Waals surface area (Å²) in [5.74, 6) is 0.0238. The Morgan fingerprint density at radius 1 is 1.15 bits per heavy atom. The van der Waals surface area contributed by atoms with Gasteiger partial charge in [-0.15, -0.1) is 0 Å². The molecule has 0 radical (unpaired) electrons. The number of ether oxygens (including phenoxy) is 2. The van der Waals surface area contributed by atoms with Crippen LogP contribution in [0.1, 0.15) is 24.0 Å². The number of phenols is 1. The van der Waals surface area contributed by atoms with Crippen molar-refractivity contribution in [2.45, 2.75) is 18.4 Å². The van der Waals surface area contributed by atoms with E-state index >= 15 is 0 Å². The summed E-state index contributed by atoms with van der Waals surface area (Å²) in [5, 5.41) is 13.1. The lowest BCUT2D eigenvalue weighted by atomic mass is 9.85. The zero-order chi connectivity index (χ0) is 18.4. The number of hydrogen-bond acceptors (Lipinski definition) is 5. The zero-order valence-corrected chi connectivity index (χ0v) is 14.8. The van der Waals surface area contributed by atoms with Crippen LogP contribution in [-0.2, 0) is 15.1 Å². The molecule has 0 aromatic heterocycles. The molecule has 5 heteroatoms. The Balaban J connectivity index is 1.75. The predicted octanol–water partition coefficient (Wildman–Crippen LogP) is 3.24. The van der Waals surface area contributed by atoms with Crippen LogP contribution in [0.25, 0.3) is 6.08 Å². The fourth-order valence-electron chi connectivity index (χ4n) is 3.22. The quantitative estimate of drug-likeness (QED) is 0.638. The highest BCUT2D eigenvalue weighted by atomic mass is 16.6. The van der Waals surface area contributed by atoms with Crippen LogP contribution in [0.2, 0.25) is 0 Å². The van der Waals surface area contributed by atoms with Gasteiger partial charge in [-0.25, -0.2) is 4.79 Å². The molecule has 1 fully saturated rings. The lowest BCUT2D eigenvalue weighted by Gasteiger charge is -2.37. The molecule has 1 aliphatic heterocycles. The van der Waals surface area contributed by atoms with Crippen LogP contribution in [0.5, 0.6) is 11.5 Å². The van der Waals surface area contributed by atoms with E-state index < -0.39 is 11.6 Å². The van der Waals surface area contributed by atoms with Gasteiger partial charge in [0.1, 0.15) is 5.60 Å². The third-order valence-corrected chi connectivity index (χ3v) is 4.62. The number of phenolic OH excluding ortho intramolecular Hbond substituents is 1.